The summed E-state index contributed by atoms with van der Waals surface area (Å²) in [5, 5.41) is 3.44. The van der Waals surface area contributed by atoms with E-state index in [4.69, 9.17) is 9.47 Å². The third-order valence-corrected chi connectivity index (χ3v) is 6.82. The molecule has 0 aliphatic carbocycles. The molecule has 0 radical (unpaired) electrons. The number of anilines is 2. The van der Waals surface area contributed by atoms with Gasteiger partial charge in [0.2, 0.25) is 0 Å². The molecule has 1 N–H and O–H groups in total. The first-order chi connectivity index (χ1) is 18.5. The van der Waals surface area contributed by atoms with Crippen LogP contribution in [0.3, 0.4) is 0 Å². The Kier molecular flexibility index (Phi) is 8.34. The molecular weight excluding hydrogens is 514 g/mol. The van der Waals surface area contributed by atoms with Gasteiger partial charge < -0.3 is 24.6 Å². The first-order valence-electron chi connectivity index (χ1n) is 12.7. The fourth-order valence-corrected chi connectivity index (χ4v) is 4.54. The van der Waals surface area contributed by atoms with Crippen LogP contribution in [-0.2, 0) is 10.3 Å². The van der Waals surface area contributed by atoms with Gasteiger partial charge >= 0.3 is 6.09 Å². The van der Waals surface area contributed by atoms with Crippen LogP contribution >= 0.6 is 11.8 Å². The minimum Gasteiger partial charge on any atom is -0.479 e. The lowest BCUT2D eigenvalue weighted by atomic mass is 9.96. The van der Waals surface area contributed by atoms with E-state index in [9.17, 15) is 9.59 Å². The molecule has 2 amide bonds. The molecule has 4 rings (SSSR count). The van der Waals surface area contributed by atoms with Gasteiger partial charge in [0.15, 0.2) is 10.8 Å². The van der Waals surface area contributed by atoms with E-state index < -0.39 is 17.2 Å². The molecule has 1 aliphatic rings. The van der Waals surface area contributed by atoms with Gasteiger partial charge in [-0.15, -0.1) is 0 Å². The third kappa shape index (κ3) is 6.81. The molecule has 3 aromatic rings. The molecular formula is C29H35N5O4S. The zero-order valence-electron chi connectivity index (χ0n) is 23.2. The number of nitrogens with zero attached hydrogens (tertiary/aromatic N) is 4. The highest BCUT2D eigenvalue weighted by atomic mass is 32.2. The lowest BCUT2D eigenvalue weighted by Gasteiger charge is -2.31. The van der Waals surface area contributed by atoms with Crippen LogP contribution < -0.4 is 19.9 Å². The second-order valence-corrected chi connectivity index (χ2v) is 11.4. The molecule has 9 nitrogen and oxygen atoms in total. The molecule has 0 saturated carbocycles. The van der Waals surface area contributed by atoms with Gasteiger partial charge in [-0.2, -0.15) is 0 Å². The highest BCUT2D eigenvalue weighted by molar-refractivity contribution is 7.98. The Morgan fingerprint density at radius 2 is 1.74 bits per heavy atom. The standard InChI is InChI=1S/C29H35N5O4S/c1-28(2,3)32-27(36)37-19-29(4,20-10-8-7-9-11-20)38-22-14-12-21(13-15-22)34-17-16-33(5)24-23(25(34)35)18-30-26(31-24)39-6/h7-15,18H,16-17,19H2,1-6H3,(H,32,36). The molecule has 206 valence electrons. The number of nitrogens with one attached hydrogen (secondary N) is 1. The zero-order valence-corrected chi connectivity index (χ0v) is 24.0. The number of likely N-dealkylation sites (N-methyl/N-ethyl adjacent to an activating group) is 1. The number of fused-ring (bicyclic) bond motifs is 1. The Morgan fingerprint density at radius 1 is 1.05 bits per heavy atom. The summed E-state index contributed by atoms with van der Waals surface area (Å²) < 4.78 is 12.0. The van der Waals surface area contributed by atoms with E-state index in [-0.39, 0.29) is 12.5 Å². The van der Waals surface area contributed by atoms with E-state index in [1.165, 1.54) is 11.8 Å². The van der Waals surface area contributed by atoms with Crippen molar-refractivity contribution in [2.75, 3.05) is 42.8 Å². The van der Waals surface area contributed by atoms with Gasteiger partial charge in [0.05, 0.1) is 0 Å². The minimum atomic E-state index is -0.940. The summed E-state index contributed by atoms with van der Waals surface area (Å²) in [7, 11) is 1.93. The number of alkyl carbamates (subject to hydrolysis) is 1. The van der Waals surface area contributed by atoms with Crippen molar-refractivity contribution in [3.63, 3.8) is 0 Å². The average Bonchev–Trinajstić information content (AvgIpc) is 3.03. The van der Waals surface area contributed by atoms with Crippen LogP contribution in [0.5, 0.6) is 5.75 Å². The number of carbonyl (C=O) groups is 2. The summed E-state index contributed by atoms with van der Waals surface area (Å²) in [4.78, 5) is 38.4. The minimum absolute atomic E-state index is 0.00639. The SMILES string of the molecule is CSc1ncc2c(n1)N(C)CCN(c1ccc(OC(C)(COC(=O)NC(C)(C)C)c3ccccc3)cc1)C2=O. The topological polar surface area (TPSA) is 96.9 Å². The van der Waals surface area contributed by atoms with Crippen molar-refractivity contribution in [1.29, 1.82) is 0 Å². The second kappa shape index (κ2) is 11.5. The Labute approximate surface area is 233 Å². The first kappa shape index (κ1) is 28.2. The normalized spacial score (nSPS) is 15.2. The van der Waals surface area contributed by atoms with Crippen molar-refractivity contribution in [2.45, 2.75) is 44.0 Å². The molecule has 0 saturated heterocycles. The predicted octanol–water partition coefficient (Wildman–Crippen LogP) is 5.11. The lowest BCUT2D eigenvalue weighted by Crippen LogP contribution is -2.44. The molecule has 1 atom stereocenters. The van der Waals surface area contributed by atoms with Crippen LogP contribution in [0.2, 0.25) is 0 Å². The molecule has 0 bridgehead atoms. The number of hydrogen-bond donors (Lipinski definition) is 1. The Balaban J connectivity index is 1.54. The van der Waals surface area contributed by atoms with Crippen LogP contribution in [-0.4, -0.2) is 60.5 Å². The first-order valence-corrected chi connectivity index (χ1v) is 14.0. The summed E-state index contributed by atoms with van der Waals surface area (Å²) in [6, 6.07) is 17.0. The van der Waals surface area contributed by atoms with Crippen LogP contribution in [0, 0.1) is 0 Å². The summed E-state index contributed by atoms with van der Waals surface area (Å²) in [6.45, 7) is 8.69. The fraction of sp³-hybridized carbons (Fsp3) is 0.379. The summed E-state index contributed by atoms with van der Waals surface area (Å²) in [6.07, 6.45) is 3.00. The summed E-state index contributed by atoms with van der Waals surface area (Å²) in [5.74, 6) is 1.07. The highest BCUT2D eigenvalue weighted by Crippen LogP contribution is 2.32. The van der Waals surface area contributed by atoms with Crippen molar-refractivity contribution < 1.29 is 19.1 Å². The van der Waals surface area contributed by atoms with E-state index in [1.54, 1.807) is 11.1 Å². The third-order valence-electron chi connectivity index (χ3n) is 6.26. The van der Waals surface area contributed by atoms with E-state index in [1.807, 2.05) is 100 Å². The highest BCUT2D eigenvalue weighted by Gasteiger charge is 2.32. The van der Waals surface area contributed by atoms with Crippen LogP contribution in [0.25, 0.3) is 0 Å². The van der Waals surface area contributed by atoms with Crippen LogP contribution in [0.1, 0.15) is 43.6 Å². The maximum Gasteiger partial charge on any atom is 0.407 e. The largest absolute Gasteiger partial charge is 0.479 e. The van der Waals surface area contributed by atoms with E-state index in [0.29, 0.717) is 35.4 Å². The van der Waals surface area contributed by atoms with E-state index in [2.05, 4.69) is 15.3 Å². The summed E-state index contributed by atoms with van der Waals surface area (Å²) >= 11 is 1.44. The number of ether oxygens (including phenoxy) is 2. The molecule has 1 aromatic heterocycles. The average molecular weight is 550 g/mol. The van der Waals surface area contributed by atoms with Gasteiger partial charge in [0, 0.05) is 37.6 Å². The number of thioether (sulfide) groups is 1. The number of amides is 2. The Hall–Kier alpha value is -3.79. The number of benzene rings is 2. The smallest absolute Gasteiger partial charge is 0.407 e. The number of rotatable bonds is 7. The number of hydrogen-bond acceptors (Lipinski definition) is 8. The van der Waals surface area contributed by atoms with E-state index in [0.717, 1.165) is 11.3 Å². The maximum atomic E-state index is 13.5. The summed E-state index contributed by atoms with van der Waals surface area (Å²) in [5.41, 5.74) is 0.718. The van der Waals surface area contributed by atoms with Gasteiger partial charge in [-0.1, -0.05) is 42.1 Å². The van der Waals surface area contributed by atoms with Gasteiger partial charge in [-0.25, -0.2) is 14.8 Å². The number of carbonyl (C=O) groups excluding carboxylic acids is 2. The van der Waals surface area contributed by atoms with E-state index >= 15 is 0 Å². The van der Waals surface area contributed by atoms with Crippen molar-refractivity contribution in [1.82, 2.24) is 15.3 Å². The lowest BCUT2D eigenvalue weighted by molar-refractivity contribution is 0.00790. The van der Waals surface area contributed by atoms with Gasteiger partial charge in [-0.3, -0.25) is 4.79 Å². The molecule has 0 spiro atoms. The van der Waals surface area contributed by atoms with Crippen LogP contribution in [0.4, 0.5) is 16.3 Å². The van der Waals surface area contributed by atoms with Gasteiger partial charge in [-0.05, 0) is 63.8 Å². The second-order valence-electron chi connectivity index (χ2n) is 10.6. The van der Waals surface area contributed by atoms with Crippen molar-refractivity contribution in [3.05, 3.63) is 71.9 Å². The Bertz CT molecular complexity index is 1310. The molecule has 2 aromatic carbocycles. The predicted molar refractivity (Wildman–Crippen MR) is 154 cm³/mol. The molecule has 1 unspecified atom stereocenters. The molecule has 39 heavy (non-hydrogen) atoms. The quantitative estimate of drug-likeness (QED) is 0.321. The molecule has 10 heteroatoms. The van der Waals surface area contributed by atoms with Crippen molar-refractivity contribution >= 4 is 35.3 Å². The van der Waals surface area contributed by atoms with Gasteiger partial charge in [0.25, 0.3) is 5.91 Å². The molecule has 0 fully saturated rings. The zero-order chi connectivity index (χ0) is 28.2. The van der Waals surface area contributed by atoms with Gasteiger partial charge in [0.1, 0.15) is 23.7 Å². The monoisotopic (exact) mass is 549 g/mol. The fourth-order valence-electron chi connectivity index (χ4n) is 4.21. The molecule has 1 aliphatic heterocycles. The van der Waals surface area contributed by atoms with Crippen molar-refractivity contribution in [3.8, 4) is 5.75 Å². The Morgan fingerprint density at radius 3 is 2.38 bits per heavy atom. The number of aromatic nitrogens is 2. The van der Waals surface area contributed by atoms with Crippen LogP contribution in [0.15, 0.2) is 66.0 Å². The molecule has 2 heterocycles. The van der Waals surface area contributed by atoms with Crippen molar-refractivity contribution in [2.24, 2.45) is 0 Å². The maximum absolute atomic E-state index is 13.5.